The van der Waals surface area contributed by atoms with Gasteiger partial charge in [0.25, 0.3) is 5.91 Å². The quantitative estimate of drug-likeness (QED) is 0.576. The molecular weight excluding hydrogens is 247 g/mol. The van der Waals surface area contributed by atoms with Crippen LogP contribution in [0.3, 0.4) is 0 Å². The number of halogens is 1. The smallest absolute Gasteiger partial charge is 0.254 e. The summed E-state index contributed by atoms with van der Waals surface area (Å²) in [6.07, 6.45) is 5.54. The third-order valence-electron chi connectivity index (χ3n) is 3.54. The van der Waals surface area contributed by atoms with Gasteiger partial charge in [-0.15, -0.1) is 0 Å². The molecule has 1 aromatic rings. The summed E-state index contributed by atoms with van der Waals surface area (Å²) in [5.41, 5.74) is 2.11. The van der Waals surface area contributed by atoms with Gasteiger partial charge in [-0.2, -0.15) is 0 Å². The second-order valence-electron chi connectivity index (χ2n) is 5.11. The number of carbonyl (C=O) groups is 1. The Bertz CT molecular complexity index is 466. The fourth-order valence-electron chi connectivity index (χ4n) is 2.55. The molecule has 4 N–H and O–H groups in total. The first-order valence-corrected chi connectivity index (χ1v) is 6.53. The van der Waals surface area contributed by atoms with E-state index in [1.807, 2.05) is 0 Å². The van der Waals surface area contributed by atoms with Crippen molar-refractivity contribution in [2.45, 2.75) is 38.6 Å². The van der Waals surface area contributed by atoms with Crippen LogP contribution >= 0.6 is 0 Å². The van der Waals surface area contributed by atoms with Crippen molar-refractivity contribution in [1.82, 2.24) is 10.3 Å². The predicted molar refractivity (Wildman–Crippen MR) is 70.9 cm³/mol. The largest absolute Gasteiger partial charge is 0.349 e. The summed E-state index contributed by atoms with van der Waals surface area (Å²) in [5, 5.41) is 2.88. The van der Waals surface area contributed by atoms with Crippen LogP contribution in [0.25, 0.3) is 0 Å². The molecule has 0 aromatic carbocycles. The van der Waals surface area contributed by atoms with E-state index in [9.17, 15) is 9.18 Å². The second-order valence-corrected chi connectivity index (χ2v) is 5.11. The topological polar surface area (TPSA) is 80.0 Å². The molecule has 0 bridgehead atoms. The Morgan fingerprint density at radius 3 is 3.00 bits per heavy atom. The van der Waals surface area contributed by atoms with Gasteiger partial charge in [-0.3, -0.25) is 4.79 Å². The van der Waals surface area contributed by atoms with Gasteiger partial charge in [0.2, 0.25) is 0 Å². The first-order valence-electron chi connectivity index (χ1n) is 6.53. The Morgan fingerprint density at radius 1 is 1.53 bits per heavy atom. The van der Waals surface area contributed by atoms with Crippen molar-refractivity contribution in [3.63, 3.8) is 0 Å². The number of hydrogen-bond donors (Lipinski definition) is 3. The molecule has 2 atom stereocenters. The molecule has 2 rings (SSSR count). The van der Waals surface area contributed by atoms with Gasteiger partial charge in [-0.05, 0) is 24.8 Å². The summed E-state index contributed by atoms with van der Waals surface area (Å²) in [5.74, 6) is 4.49. The molecular formula is C13H19FN4O. The number of anilines is 1. The van der Waals surface area contributed by atoms with Crippen molar-refractivity contribution in [2.75, 3.05) is 5.43 Å². The van der Waals surface area contributed by atoms with Gasteiger partial charge in [0.05, 0.1) is 5.56 Å². The molecule has 1 aliphatic carbocycles. The molecule has 104 valence electrons. The molecule has 0 spiro atoms. The average molecular weight is 266 g/mol. The lowest BCUT2D eigenvalue weighted by molar-refractivity contribution is 0.0917. The first-order chi connectivity index (χ1) is 9.11. The van der Waals surface area contributed by atoms with Crippen molar-refractivity contribution in [1.29, 1.82) is 0 Å². The number of hydrogen-bond acceptors (Lipinski definition) is 4. The van der Waals surface area contributed by atoms with Crippen LogP contribution in [0.2, 0.25) is 0 Å². The normalized spacial score (nSPS) is 22.9. The van der Waals surface area contributed by atoms with Gasteiger partial charge in [0.1, 0.15) is 0 Å². The van der Waals surface area contributed by atoms with Gasteiger partial charge in [-0.25, -0.2) is 15.2 Å². The molecule has 5 nitrogen and oxygen atoms in total. The zero-order valence-corrected chi connectivity index (χ0v) is 10.9. The number of carbonyl (C=O) groups excluding carboxylic acids is 1. The van der Waals surface area contributed by atoms with E-state index in [0.717, 1.165) is 19.3 Å². The van der Waals surface area contributed by atoms with E-state index in [2.05, 4.69) is 22.7 Å². The summed E-state index contributed by atoms with van der Waals surface area (Å²) in [6.45, 7) is 2.17. The van der Waals surface area contributed by atoms with E-state index in [4.69, 9.17) is 5.84 Å². The van der Waals surface area contributed by atoms with Crippen molar-refractivity contribution in [3.8, 4) is 0 Å². The lowest BCUT2D eigenvalue weighted by Gasteiger charge is -2.27. The highest BCUT2D eigenvalue weighted by Crippen LogP contribution is 2.24. The van der Waals surface area contributed by atoms with Crippen LogP contribution in [-0.2, 0) is 0 Å². The maximum absolute atomic E-state index is 13.9. The van der Waals surface area contributed by atoms with E-state index in [0.29, 0.717) is 5.92 Å². The summed E-state index contributed by atoms with van der Waals surface area (Å²) in [4.78, 5) is 15.8. The lowest BCUT2D eigenvalue weighted by Crippen LogP contribution is -2.38. The number of hydrazine groups is 1. The van der Waals surface area contributed by atoms with Crippen molar-refractivity contribution in [2.24, 2.45) is 11.8 Å². The van der Waals surface area contributed by atoms with Crippen LogP contribution in [0.4, 0.5) is 10.2 Å². The lowest BCUT2D eigenvalue weighted by atomic mass is 9.87. The zero-order chi connectivity index (χ0) is 13.8. The molecule has 0 aliphatic heterocycles. The van der Waals surface area contributed by atoms with E-state index in [1.165, 1.54) is 18.7 Å². The summed E-state index contributed by atoms with van der Waals surface area (Å²) < 4.78 is 13.9. The Balaban J connectivity index is 2.07. The number of aromatic nitrogens is 1. The minimum Gasteiger partial charge on any atom is -0.349 e. The molecule has 2 unspecified atom stereocenters. The van der Waals surface area contributed by atoms with Gasteiger partial charge >= 0.3 is 0 Å². The Morgan fingerprint density at radius 2 is 2.32 bits per heavy atom. The third kappa shape index (κ3) is 3.20. The number of nitrogen functional groups attached to an aromatic ring is 1. The third-order valence-corrected chi connectivity index (χ3v) is 3.54. The Labute approximate surface area is 111 Å². The fraction of sp³-hybridized carbons (Fsp3) is 0.538. The van der Waals surface area contributed by atoms with Crippen molar-refractivity contribution >= 4 is 11.7 Å². The molecule has 1 aromatic heterocycles. The number of nitrogens with two attached hydrogens (primary N) is 1. The molecule has 19 heavy (non-hydrogen) atoms. The average Bonchev–Trinajstić information content (AvgIpc) is 2.39. The van der Waals surface area contributed by atoms with Gasteiger partial charge in [0.15, 0.2) is 11.6 Å². The number of nitrogens with zero attached hydrogens (tertiary/aromatic N) is 1. The summed E-state index contributed by atoms with van der Waals surface area (Å²) in [6, 6.07) is 1.48. The molecule has 0 radical (unpaired) electrons. The van der Waals surface area contributed by atoms with Crippen LogP contribution < -0.4 is 16.6 Å². The molecule has 0 saturated heterocycles. The molecule has 1 amide bonds. The first kappa shape index (κ1) is 13.7. The Hall–Kier alpha value is -1.69. The van der Waals surface area contributed by atoms with Gasteiger partial charge in [0, 0.05) is 12.2 Å². The highest BCUT2D eigenvalue weighted by Gasteiger charge is 2.23. The number of rotatable bonds is 3. The Kier molecular flexibility index (Phi) is 4.31. The fourth-order valence-corrected chi connectivity index (χ4v) is 2.55. The van der Waals surface area contributed by atoms with Crippen LogP contribution in [0.15, 0.2) is 12.3 Å². The van der Waals surface area contributed by atoms with Crippen LogP contribution in [0.1, 0.15) is 43.0 Å². The highest BCUT2D eigenvalue weighted by molar-refractivity contribution is 5.95. The number of amides is 1. The molecule has 1 aliphatic rings. The zero-order valence-electron chi connectivity index (χ0n) is 10.9. The SMILES string of the molecule is CC1CCCC(NC(=O)c2ccnc(NN)c2F)C1. The van der Waals surface area contributed by atoms with Gasteiger partial charge in [-0.1, -0.05) is 19.8 Å². The molecule has 1 saturated carbocycles. The van der Waals surface area contributed by atoms with Crippen molar-refractivity contribution in [3.05, 3.63) is 23.6 Å². The maximum Gasteiger partial charge on any atom is 0.254 e. The maximum atomic E-state index is 13.9. The van der Waals surface area contributed by atoms with Crippen molar-refractivity contribution < 1.29 is 9.18 Å². The van der Waals surface area contributed by atoms with Gasteiger partial charge < -0.3 is 10.7 Å². The predicted octanol–water partition coefficient (Wildman–Crippen LogP) is 1.81. The summed E-state index contributed by atoms with van der Waals surface area (Å²) in [7, 11) is 0. The van der Waals surface area contributed by atoms with Crippen LogP contribution in [0.5, 0.6) is 0 Å². The molecule has 1 heterocycles. The van der Waals surface area contributed by atoms with E-state index in [-0.39, 0.29) is 17.4 Å². The second kappa shape index (κ2) is 5.97. The van der Waals surface area contributed by atoms with Crippen LogP contribution in [-0.4, -0.2) is 16.9 Å². The standard InChI is InChI=1S/C13H19FN4O/c1-8-3-2-4-9(7-8)17-13(19)10-5-6-16-12(18-15)11(10)14/h5-6,8-9H,2-4,7,15H2,1H3,(H,16,18)(H,17,19). The monoisotopic (exact) mass is 266 g/mol. The van der Waals surface area contributed by atoms with E-state index < -0.39 is 11.7 Å². The number of pyridine rings is 1. The summed E-state index contributed by atoms with van der Waals surface area (Å²) >= 11 is 0. The highest BCUT2D eigenvalue weighted by atomic mass is 19.1. The molecule has 1 fully saturated rings. The van der Waals surface area contributed by atoms with E-state index in [1.54, 1.807) is 0 Å². The number of nitrogens with one attached hydrogen (secondary N) is 2. The molecule has 6 heteroatoms. The minimum absolute atomic E-state index is 0.0267. The van der Waals surface area contributed by atoms with Crippen LogP contribution in [0, 0.1) is 11.7 Å². The minimum atomic E-state index is -0.716. The van der Waals surface area contributed by atoms with E-state index >= 15 is 0 Å².